The molecule has 0 spiro atoms. The first-order chi connectivity index (χ1) is 9.48. The zero-order valence-corrected chi connectivity index (χ0v) is 9.89. The molecule has 0 radical (unpaired) electrons. The van der Waals surface area contributed by atoms with E-state index in [4.69, 9.17) is 0 Å². The molecule has 1 rings (SSSR count). The largest absolute Gasteiger partial charge is 0.489 e. The molecule has 0 atom stereocenters. The van der Waals surface area contributed by atoms with Crippen molar-refractivity contribution in [2.24, 2.45) is 0 Å². The van der Waals surface area contributed by atoms with Gasteiger partial charge >= 0.3 is 30.1 Å². The summed E-state index contributed by atoms with van der Waals surface area (Å²) in [6, 6.07) is -13.3. The molecule has 14 heteroatoms. The van der Waals surface area contributed by atoms with Crippen molar-refractivity contribution in [1.82, 2.24) is 4.90 Å². The van der Waals surface area contributed by atoms with Crippen LogP contribution >= 0.6 is 0 Å². The van der Waals surface area contributed by atoms with Crippen LogP contribution in [0.15, 0.2) is 11.7 Å². The quantitative estimate of drug-likeness (QED) is 0.419. The normalized spacial score (nSPS) is 26.7. The van der Waals surface area contributed by atoms with E-state index in [-0.39, 0.29) is 7.11 Å². The molecule has 1 aliphatic heterocycles. The Hall–Kier alpha value is -1.50. The van der Waals surface area contributed by atoms with E-state index in [9.17, 15) is 52.7 Å². The number of halogens is 12. The summed E-state index contributed by atoms with van der Waals surface area (Å²) in [5, 5.41) is 0. The molecule has 22 heavy (non-hydrogen) atoms. The minimum atomic E-state index is -6.86. The third kappa shape index (κ3) is 1.98. The van der Waals surface area contributed by atoms with Crippen LogP contribution in [0.1, 0.15) is 0 Å². The average molecular weight is 357 g/mol. The molecule has 1 heterocycles. The van der Waals surface area contributed by atoms with Crippen LogP contribution in [0.25, 0.3) is 0 Å². The fourth-order valence-corrected chi connectivity index (χ4v) is 1.50. The second-order valence-electron chi connectivity index (χ2n) is 3.89. The van der Waals surface area contributed by atoms with Crippen LogP contribution in [0.5, 0.6) is 0 Å². The molecule has 0 N–H and O–H groups in total. The van der Waals surface area contributed by atoms with Gasteiger partial charge in [-0.1, -0.05) is 0 Å². The van der Waals surface area contributed by atoms with Crippen LogP contribution in [-0.2, 0) is 4.74 Å². The second kappa shape index (κ2) is 4.50. The van der Waals surface area contributed by atoms with Gasteiger partial charge in [0.15, 0.2) is 0 Å². The van der Waals surface area contributed by atoms with Gasteiger partial charge in [0.05, 0.1) is 7.11 Å². The van der Waals surface area contributed by atoms with Crippen molar-refractivity contribution in [2.45, 2.75) is 30.1 Å². The smallest absolute Gasteiger partial charge is 0.453 e. The zero-order chi connectivity index (χ0) is 17.9. The van der Waals surface area contributed by atoms with E-state index in [0.29, 0.717) is 0 Å². The molecule has 0 aromatic heterocycles. The second-order valence-corrected chi connectivity index (χ2v) is 3.89. The number of nitrogens with zero attached hydrogens (tertiary/aromatic N) is 1. The maximum absolute atomic E-state index is 13.3. The molecule has 0 amide bonds. The predicted octanol–water partition coefficient (Wildman–Crippen LogP) is 4.11. The molecule has 0 aliphatic carbocycles. The number of alkyl halides is 11. The van der Waals surface area contributed by atoms with Crippen LogP contribution in [0.2, 0.25) is 0 Å². The Balaban J connectivity index is 3.69. The highest BCUT2D eigenvalue weighted by atomic mass is 19.4. The number of hydrogen-bond donors (Lipinski definition) is 0. The fraction of sp³-hybridized carbons (Fsp3) is 0.750. The third-order valence-corrected chi connectivity index (χ3v) is 2.56. The summed E-state index contributed by atoms with van der Waals surface area (Å²) in [5.41, 5.74) is 0. The van der Waals surface area contributed by atoms with E-state index >= 15 is 0 Å². The molecule has 0 saturated carbocycles. The number of likely N-dealkylation sites (tertiary alicyclic amines) is 1. The minimum Gasteiger partial charge on any atom is -0.489 e. The first-order valence-electron chi connectivity index (χ1n) is 4.80. The summed E-state index contributed by atoms with van der Waals surface area (Å²) in [7, 11) is -0.0228. The van der Waals surface area contributed by atoms with Gasteiger partial charge in [-0.15, -0.1) is 0 Å². The third-order valence-electron chi connectivity index (χ3n) is 2.56. The Kier molecular flexibility index (Phi) is 3.80. The van der Waals surface area contributed by atoms with E-state index in [1.807, 2.05) is 0 Å². The van der Waals surface area contributed by atoms with Gasteiger partial charge in [0.1, 0.15) is 0 Å². The fourth-order valence-electron chi connectivity index (χ4n) is 1.50. The summed E-state index contributed by atoms with van der Waals surface area (Å²) in [5.74, 6) is -20.7. The summed E-state index contributed by atoms with van der Waals surface area (Å²) < 4.78 is 156. The lowest BCUT2D eigenvalue weighted by atomic mass is 10.2. The van der Waals surface area contributed by atoms with Gasteiger partial charge in [-0.05, 0) is 0 Å². The molecule has 0 unspecified atom stereocenters. The highest BCUT2D eigenvalue weighted by Gasteiger charge is 2.94. The Labute approximate surface area is 112 Å². The van der Waals surface area contributed by atoms with E-state index in [1.54, 1.807) is 0 Å². The van der Waals surface area contributed by atoms with Crippen molar-refractivity contribution in [1.29, 1.82) is 0 Å². The summed E-state index contributed by atoms with van der Waals surface area (Å²) >= 11 is 0. The lowest BCUT2D eigenvalue weighted by Gasteiger charge is -2.29. The van der Waals surface area contributed by atoms with Gasteiger partial charge in [0, 0.05) is 0 Å². The molecule has 1 saturated heterocycles. The van der Waals surface area contributed by atoms with Crippen molar-refractivity contribution in [3.8, 4) is 0 Å². The van der Waals surface area contributed by atoms with E-state index in [2.05, 4.69) is 4.74 Å². The van der Waals surface area contributed by atoms with Gasteiger partial charge in [-0.25, -0.2) is 4.90 Å². The van der Waals surface area contributed by atoms with Gasteiger partial charge in [-0.2, -0.15) is 52.7 Å². The van der Waals surface area contributed by atoms with Gasteiger partial charge in [0.25, 0.3) is 5.76 Å². The van der Waals surface area contributed by atoms with Crippen molar-refractivity contribution in [3.05, 3.63) is 11.7 Å². The molecule has 0 aromatic rings. The van der Waals surface area contributed by atoms with Crippen molar-refractivity contribution in [2.75, 3.05) is 7.11 Å². The molecule has 130 valence electrons. The zero-order valence-electron chi connectivity index (χ0n) is 9.89. The molecule has 1 aliphatic rings. The average Bonchev–Trinajstić information content (AvgIpc) is 2.31. The monoisotopic (exact) mass is 357 g/mol. The summed E-state index contributed by atoms with van der Waals surface area (Å²) in [4.78, 5) is -2.94. The Morgan fingerprint density at radius 3 is 1.36 bits per heavy atom. The van der Waals surface area contributed by atoms with Crippen LogP contribution in [0.4, 0.5) is 52.7 Å². The highest BCUT2D eigenvalue weighted by molar-refractivity contribution is 5.20. The number of methoxy groups -OCH3 is 1. The van der Waals surface area contributed by atoms with Crippen LogP contribution in [0.3, 0.4) is 0 Å². The van der Waals surface area contributed by atoms with Gasteiger partial charge in [-0.3, -0.25) is 0 Å². The van der Waals surface area contributed by atoms with Crippen molar-refractivity contribution in [3.63, 3.8) is 0 Å². The number of ether oxygens (including phenoxy) is 1. The topological polar surface area (TPSA) is 12.5 Å². The number of allylic oxidation sites excluding steroid dienone is 1. The van der Waals surface area contributed by atoms with Crippen LogP contribution in [0, 0.1) is 0 Å². The Bertz CT molecular complexity index is 466. The van der Waals surface area contributed by atoms with E-state index in [1.165, 1.54) is 0 Å². The summed E-state index contributed by atoms with van der Waals surface area (Å²) in [6.07, 6.45) is -6.03. The molecule has 1 fully saturated rings. The predicted molar refractivity (Wildman–Crippen MR) is 42.8 cm³/mol. The standard InChI is InChI=1S/C8H3F12NO/c1-22-2(4(10,11)12)3(9)21-7(17,18)5(13,14)6(15,16)8(21,19)20/h1H3/b3-2-. The maximum Gasteiger partial charge on any atom is 0.453 e. The van der Waals surface area contributed by atoms with Gasteiger partial charge in [0.2, 0.25) is 5.95 Å². The first kappa shape index (κ1) is 18.5. The van der Waals surface area contributed by atoms with E-state index < -0.39 is 46.7 Å². The lowest BCUT2D eigenvalue weighted by Crippen LogP contribution is -2.51. The first-order valence-corrected chi connectivity index (χ1v) is 4.80. The molecular formula is C8H3F12NO. The molecular weight excluding hydrogens is 354 g/mol. The maximum atomic E-state index is 13.3. The van der Waals surface area contributed by atoms with Gasteiger partial charge < -0.3 is 4.74 Å². The Morgan fingerprint density at radius 2 is 1.14 bits per heavy atom. The minimum absolute atomic E-state index is 0.0228. The molecule has 2 nitrogen and oxygen atoms in total. The highest BCUT2D eigenvalue weighted by Crippen LogP contribution is 2.64. The Morgan fingerprint density at radius 1 is 0.818 bits per heavy atom. The SMILES string of the molecule is CO/C(=C(/F)N1C(F)(F)C(F)(F)C(F)(F)C1(F)F)C(F)(F)F. The molecule has 0 aromatic carbocycles. The van der Waals surface area contributed by atoms with Crippen LogP contribution < -0.4 is 0 Å². The van der Waals surface area contributed by atoms with E-state index in [0.717, 1.165) is 0 Å². The molecule has 0 bridgehead atoms. The number of rotatable bonds is 2. The lowest BCUT2D eigenvalue weighted by molar-refractivity contribution is -0.303. The van der Waals surface area contributed by atoms with Crippen molar-refractivity contribution >= 4 is 0 Å². The number of hydrogen-bond acceptors (Lipinski definition) is 2. The summed E-state index contributed by atoms with van der Waals surface area (Å²) in [6.45, 7) is 0. The van der Waals surface area contributed by atoms with Crippen molar-refractivity contribution < 1.29 is 57.4 Å². The van der Waals surface area contributed by atoms with Crippen LogP contribution in [-0.4, -0.2) is 42.1 Å².